The fourth-order valence-electron chi connectivity index (χ4n) is 2.32. The van der Waals surface area contributed by atoms with Crippen molar-refractivity contribution < 1.29 is 5.11 Å². The Morgan fingerprint density at radius 3 is 2.60 bits per heavy atom. The van der Waals surface area contributed by atoms with E-state index in [1.54, 1.807) is 6.33 Å². The van der Waals surface area contributed by atoms with Crippen LogP contribution in [0, 0.1) is 0 Å². The Balaban J connectivity index is 2.61. The maximum atomic E-state index is 9.85. The molecule has 1 N–H and O–H groups in total. The predicted octanol–water partition coefficient (Wildman–Crippen LogP) is 2.31. The molecular weight excluding hydrogens is 188 g/mol. The molecule has 0 unspecified atom stereocenters. The number of aromatic nitrogens is 2. The Morgan fingerprint density at radius 2 is 2.00 bits per heavy atom. The Hall–Kier alpha value is -0.960. The lowest BCUT2D eigenvalue weighted by Crippen LogP contribution is -2.18. The van der Waals surface area contributed by atoms with Gasteiger partial charge in [-0.15, -0.1) is 0 Å². The molecule has 0 fully saturated rings. The quantitative estimate of drug-likeness (QED) is 0.708. The maximum absolute atomic E-state index is 9.85. The van der Waals surface area contributed by atoms with Gasteiger partial charge in [0.05, 0.1) is 17.5 Å². The number of aliphatic hydroxyl groups is 1. The van der Waals surface area contributed by atoms with Gasteiger partial charge in [-0.3, -0.25) is 0 Å². The van der Waals surface area contributed by atoms with Gasteiger partial charge in [-0.05, 0) is 12.3 Å². The lowest BCUT2D eigenvalue weighted by molar-refractivity contribution is 0.170. The predicted molar refractivity (Wildman–Crippen MR) is 58.7 cm³/mol. The van der Waals surface area contributed by atoms with Gasteiger partial charge in [0.2, 0.25) is 0 Å². The van der Waals surface area contributed by atoms with E-state index in [-0.39, 0.29) is 5.41 Å². The Bertz CT molecular complexity index is 382. The van der Waals surface area contributed by atoms with Gasteiger partial charge in [-0.1, -0.05) is 27.7 Å². The summed E-state index contributed by atoms with van der Waals surface area (Å²) >= 11 is 0. The molecule has 1 aliphatic rings. The van der Waals surface area contributed by atoms with Crippen molar-refractivity contribution in [2.24, 2.45) is 0 Å². The minimum absolute atomic E-state index is 0.0192. The van der Waals surface area contributed by atoms with Crippen LogP contribution in [-0.2, 0) is 5.41 Å². The van der Waals surface area contributed by atoms with E-state index in [0.29, 0.717) is 5.92 Å². The average molecular weight is 206 g/mol. The summed E-state index contributed by atoms with van der Waals surface area (Å²) in [6.45, 7) is 8.57. The van der Waals surface area contributed by atoms with Crippen LogP contribution < -0.4 is 0 Å². The van der Waals surface area contributed by atoms with Crippen LogP contribution in [0.15, 0.2) is 6.33 Å². The average Bonchev–Trinajstić information content (AvgIpc) is 2.41. The van der Waals surface area contributed by atoms with E-state index in [1.165, 1.54) is 0 Å². The first-order valence-electron chi connectivity index (χ1n) is 5.44. The van der Waals surface area contributed by atoms with Crippen LogP contribution in [0.2, 0.25) is 0 Å². The molecule has 0 aliphatic heterocycles. The Labute approximate surface area is 90.6 Å². The molecule has 0 saturated heterocycles. The largest absolute Gasteiger partial charge is 0.387 e. The molecule has 0 aromatic carbocycles. The topological polar surface area (TPSA) is 46.0 Å². The first kappa shape index (κ1) is 10.6. The fraction of sp³-hybridized carbons (Fsp3) is 0.667. The molecular formula is C12H18N2O. The van der Waals surface area contributed by atoms with E-state index in [0.717, 1.165) is 23.4 Å². The van der Waals surface area contributed by atoms with E-state index < -0.39 is 6.10 Å². The molecule has 0 spiro atoms. The number of fused-ring (bicyclic) bond motifs is 1. The van der Waals surface area contributed by atoms with Crippen LogP contribution in [0.5, 0.6) is 0 Å². The minimum Gasteiger partial charge on any atom is -0.387 e. The molecule has 1 aromatic heterocycles. The summed E-state index contributed by atoms with van der Waals surface area (Å²) in [5.41, 5.74) is 3.10. The van der Waals surface area contributed by atoms with Crippen molar-refractivity contribution in [3.8, 4) is 0 Å². The summed E-state index contributed by atoms with van der Waals surface area (Å²) in [7, 11) is 0. The monoisotopic (exact) mass is 206 g/mol. The number of nitrogens with zero attached hydrogens (tertiary/aromatic N) is 2. The van der Waals surface area contributed by atoms with Crippen LogP contribution in [0.25, 0.3) is 0 Å². The summed E-state index contributed by atoms with van der Waals surface area (Å²) in [5.74, 6) is 0.366. The lowest BCUT2D eigenvalue weighted by atomic mass is 9.86. The molecule has 1 aromatic rings. The summed E-state index contributed by atoms with van der Waals surface area (Å²) in [4.78, 5) is 8.59. The van der Waals surface area contributed by atoms with Crippen molar-refractivity contribution in [3.05, 3.63) is 23.3 Å². The summed E-state index contributed by atoms with van der Waals surface area (Å²) in [6.07, 6.45) is 1.94. The minimum atomic E-state index is -0.404. The highest BCUT2D eigenvalue weighted by Crippen LogP contribution is 2.42. The van der Waals surface area contributed by atoms with Crippen molar-refractivity contribution in [2.45, 2.75) is 51.6 Å². The zero-order chi connectivity index (χ0) is 11.2. The maximum Gasteiger partial charge on any atom is 0.116 e. The highest BCUT2D eigenvalue weighted by atomic mass is 16.3. The highest BCUT2D eigenvalue weighted by molar-refractivity contribution is 5.37. The first-order valence-corrected chi connectivity index (χ1v) is 5.44. The zero-order valence-electron chi connectivity index (χ0n) is 9.78. The highest BCUT2D eigenvalue weighted by Gasteiger charge is 2.34. The molecule has 0 bridgehead atoms. The van der Waals surface area contributed by atoms with Crippen molar-refractivity contribution in [1.29, 1.82) is 0 Å². The van der Waals surface area contributed by atoms with E-state index in [4.69, 9.17) is 0 Å². The number of hydrogen-bond acceptors (Lipinski definition) is 3. The van der Waals surface area contributed by atoms with E-state index >= 15 is 0 Å². The summed E-state index contributed by atoms with van der Waals surface area (Å²) in [5, 5.41) is 9.85. The van der Waals surface area contributed by atoms with Gasteiger partial charge in [0.1, 0.15) is 6.33 Å². The molecule has 1 aliphatic carbocycles. The van der Waals surface area contributed by atoms with Crippen molar-refractivity contribution in [2.75, 3.05) is 0 Å². The van der Waals surface area contributed by atoms with Crippen LogP contribution in [0.1, 0.15) is 63.1 Å². The molecule has 1 heterocycles. The van der Waals surface area contributed by atoms with Crippen LogP contribution in [-0.4, -0.2) is 15.1 Å². The molecule has 2 atom stereocenters. The SMILES string of the molecule is C[C@H]1C[C@@H](O)c2ncnc(C(C)(C)C)c21. The zero-order valence-corrected chi connectivity index (χ0v) is 9.78. The lowest BCUT2D eigenvalue weighted by Gasteiger charge is -2.22. The second-order valence-electron chi connectivity index (χ2n) is 5.42. The van der Waals surface area contributed by atoms with Gasteiger partial charge in [0.25, 0.3) is 0 Å². The summed E-state index contributed by atoms with van der Waals surface area (Å²) in [6, 6.07) is 0. The molecule has 3 nitrogen and oxygen atoms in total. The molecule has 3 heteroatoms. The van der Waals surface area contributed by atoms with Gasteiger partial charge in [-0.2, -0.15) is 0 Å². The molecule has 0 radical (unpaired) electrons. The summed E-state index contributed by atoms with van der Waals surface area (Å²) < 4.78 is 0. The van der Waals surface area contributed by atoms with Crippen LogP contribution in [0.4, 0.5) is 0 Å². The second kappa shape index (κ2) is 3.27. The molecule has 15 heavy (non-hydrogen) atoms. The van der Waals surface area contributed by atoms with E-state index in [1.807, 2.05) is 0 Å². The van der Waals surface area contributed by atoms with Gasteiger partial charge < -0.3 is 5.11 Å². The van der Waals surface area contributed by atoms with Crippen LogP contribution in [0.3, 0.4) is 0 Å². The van der Waals surface area contributed by atoms with E-state index in [9.17, 15) is 5.11 Å². The van der Waals surface area contributed by atoms with Gasteiger partial charge in [0, 0.05) is 11.0 Å². The van der Waals surface area contributed by atoms with E-state index in [2.05, 4.69) is 37.7 Å². The first-order chi connectivity index (χ1) is 6.91. The Kier molecular flexibility index (Phi) is 2.30. The number of hydrogen-bond donors (Lipinski definition) is 1. The molecule has 0 amide bonds. The van der Waals surface area contributed by atoms with Crippen molar-refractivity contribution >= 4 is 0 Å². The van der Waals surface area contributed by atoms with Gasteiger partial charge in [0.15, 0.2) is 0 Å². The standard InChI is InChI=1S/C12H18N2O/c1-7-5-8(15)10-9(7)11(12(2,3)4)14-6-13-10/h6-8,15H,5H2,1-4H3/t7-,8+/m0/s1. The Morgan fingerprint density at radius 1 is 1.33 bits per heavy atom. The normalized spacial score (nSPS) is 25.4. The van der Waals surface area contributed by atoms with Gasteiger partial charge in [-0.25, -0.2) is 9.97 Å². The smallest absolute Gasteiger partial charge is 0.116 e. The second-order valence-corrected chi connectivity index (χ2v) is 5.42. The third-order valence-electron chi connectivity index (χ3n) is 3.01. The van der Waals surface area contributed by atoms with Gasteiger partial charge >= 0.3 is 0 Å². The van der Waals surface area contributed by atoms with Crippen molar-refractivity contribution in [3.63, 3.8) is 0 Å². The molecule has 82 valence electrons. The third kappa shape index (κ3) is 1.65. The third-order valence-corrected chi connectivity index (χ3v) is 3.01. The molecule has 2 rings (SSSR count). The molecule has 0 saturated carbocycles. The number of rotatable bonds is 0. The van der Waals surface area contributed by atoms with Crippen molar-refractivity contribution in [1.82, 2.24) is 9.97 Å². The number of aliphatic hydroxyl groups excluding tert-OH is 1. The van der Waals surface area contributed by atoms with Crippen LogP contribution >= 0.6 is 0 Å². The fourth-order valence-corrected chi connectivity index (χ4v) is 2.32.